The predicted octanol–water partition coefficient (Wildman–Crippen LogP) is 0.267. The number of rotatable bonds is 5. The molecule has 1 rings (SSSR count). The van der Waals surface area contributed by atoms with E-state index < -0.39 is 0 Å². The number of hydrogen-bond donors (Lipinski definition) is 1. The van der Waals surface area contributed by atoms with E-state index in [-0.39, 0.29) is 23.3 Å². The smallest absolute Gasteiger partial charge is 0.274 e. The first kappa shape index (κ1) is 13.4. The fraction of sp³-hybridized carbons (Fsp3) is 0.545. The van der Waals surface area contributed by atoms with Crippen molar-refractivity contribution in [2.24, 2.45) is 0 Å². The normalized spacial score (nSPS) is 10.6. The van der Waals surface area contributed by atoms with E-state index in [0.29, 0.717) is 13.2 Å². The van der Waals surface area contributed by atoms with Gasteiger partial charge in [-0.3, -0.25) is 9.59 Å². The molecule has 0 saturated heterocycles. The largest absolute Gasteiger partial charge is 0.377 e. The second kappa shape index (κ2) is 6.15. The van der Waals surface area contributed by atoms with Crippen LogP contribution in [0.15, 0.2) is 16.9 Å². The Morgan fingerprint density at radius 1 is 1.53 bits per heavy atom. The molecule has 0 atom stereocenters. The third-order valence-corrected chi connectivity index (χ3v) is 2.12. The topological polar surface area (TPSA) is 75.3 Å². The van der Waals surface area contributed by atoms with Crippen LogP contribution >= 0.6 is 0 Å². The van der Waals surface area contributed by atoms with Crippen LogP contribution in [-0.2, 0) is 4.74 Å². The van der Waals surface area contributed by atoms with Gasteiger partial charge in [0.25, 0.3) is 11.5 Å². The molecule has 6 heteroatoms. The lowest BCUT2D eigenvalue weighted by atomic mass is 10.3. The number of carbonyl (C=O) groups is 1. The summed E-state index contributed by atoms with van der Waals surface area (Å²) in [5.74, 6) is -0.242. The van der Waals surface area contributed by atoms with Gasteiger partial charge in [-0.15, -0.1) is 0 Å². The third-order valence-electron chi connectivity index (χ3n) is 2.12. The maximum absolute atomic E-state index is 11.8. The number of hydrogen-bond acceptors (Lipinski definition) is 4. The van der Waals surface area contributed by atoms with Crippen LogP contribution < -0.4 is 5.56 Å². The van der Waals surface area contributed by atoms with Gasteiger partial charge in [-0.1, -0.05) is 0 Å². The molecule has 0 aliphatic heterocycles. The molecule has 0 saturated carbocycles. The Hall–Kier alpha value is -1.69. The maximum Gasteiger partial charge on any atom is 0.274 e. The van der Waals surface area contributed by atoms with Crippen molar-refractivity contribution in [3.05, 3.63) is 28.2 Å². The summed E-state index contributed by atoms with van der Waals surface area (Å²) in [7, 11) is 1.67. The number of ether oxygens (including phenoxy) is 1. The minimum Gasteiger partial charge on any atom is -0.377 e. The van der Waals surface area contributed by atoms with Gasteiger partial charge in [-0.25, -0.2) is 5.10 Å². The number of carbonyl (C=O) groups excluding carboxylic acids is 1. The summed E-state index contributed by atoms with van der Waals surface area (Å²) in [5.41, 5.74) is -0.107. The van der Waals surface area contributed by atoms with Crippen LogP contribution in [-0.4, -0.2) is 47.3 Å². The first-order valence-corrected chi connectivity index (χ1v) is 5.43. The van der Waals surface area contributed by atoms with E-state index in [1.807, 2.05) is 13.8 Å². The molecule has 0 unspecified atom stereocenters. The van der Waals surface area contributed by atoms with Crippen molar-refractivity contribution in [2.45, 2.75) is 20.0 Å². The quantitative estimate of drug-likeness (QED) is 0.800. The van der Waals surface area contributed by atoms with Gasteiger partial charge < -0.3 is 9.64 Å². The van der Waals surface area contributed by atoms with Crippen LogP contribution in [0.5, 0.6) is 0 Å². The van der Waals surface area contributed by atoms with Crippen molar-refractivity contribution in [2.75, 3.05) is 20.2 Å². The summed E-state index contributed by atoms with van der Waals surface area (Å²) in [6.45, 7) is 4.83. The fourth-order valence-electron chi connectivity index (χ4n) is 1.19. The Kier molecular flexibility index (Phi) is 4.84. The molecule has 0 radical (unpaired) electrons. The SMILES string of the molecule is CC(C)OCCN(C)C(=O)c1ccc(=O)[nH]n1. The Morgan fingerprint density at radius 2 is 2.24 bits per heavy atom. The average molecular weight is 239 g/mol. The van der Waals surface area contributed by atoms with Crippen molar-refractivity contribution in [1.29, 1.82) is 0 Å². The van der Waals surface area contributed by atoms with Crippen LogP contribution in [0.3, 0.4) is 0 Å². The summed E-state index contributed by atoms with van der Waals surface area (Å²) in [4.78, 5) is 24.1. The molecular weight excluding hydrogens is 222 g/mol. The summed E-state index contributed by atoms with van der Waals surface area (Å²) in [6.07, 6.45) is 0.143. The molecule has 1 heterocycles. The number of nitrogens with zero attached hydrogens (tertiary/aromatic N) is 2. The molecule has 1 amide bonds. The molecule has 0 aliphatic carbocycles. The minimum atomic E-state index is -0.327. The Bertz CT molecular complexity index is 408. The Labute approximate surface area is 99.6 Å². The highest BCUT2D eigenvalue weighted by molar-refractivity contribution is 5.91. The van der Waals surface area contributed by atoms with Gasteiger partial charge in [0.05, 0.1) is 12.7 Å². The monoisotopic (exact) mass is 239 g/mol. The third kappa shape index (κ3) is 4.36. The van der Waals surface area contributed by atoms with Gasteiger partial charge in [0.2, 0.25) is 0 Å². The molecule has 0 aliphatic rings. The first-order chi connectivity index (χ1) is 8.00. The minimum absolute atomic E-state index is 0.143. The highest BCUT2D eigenvalue weighted by atomic mass is 16.5. The van der Waals surface area contributed by atoms with E-state index in [0.717, 1.165) is 0 Å². The van der Waals surface area contributed by atoms with E-state index in [4.69, 9.17) is 4.74 Å². The number of aromatic nitrogens is 2. The van der Waals surface area contributed by atoms with Crippen molar-refractivity contribution >= 4 is 5.91 Å². The summed E-state index contributed by atoms with van der Waals surface area (Å²) >= 11 is 0. The number of likely N-dealkylation sites (N-methyl/N-ethyl adjacent to an activating group) is 1. The second-order valence-electron chi connectivity index (χ2n) is 3.95. The van der Waals surface area contributed by atoms with E-state index in [2.05, 4.69) is 10.2 Å². The summed E-state index contributed by atoms with van der Waals surface area (Å²) in [6, 6.07) is 2.68. The molecule has 1 aromatic rings. The van der Waals surface area contributed by atoms with Gasteiger partial charge in [-0.2, -0.15) is 5.10 Å². The Morgan fingerprint density at radius 3 is 2.76 bits per heavy atom. The molecule has 0 spiro atoms. The summed E-state index contributed by atoms with van der Waals surface area (Å²) in [5, 5.41) is 5.90. The van der Waals surface area contributed by atoms with Gasteiger partial charge in [0.15, 0.2) is 0 Å². The molecule has 1 aromatic heterocycles. The molecule has 94 valence electrons. The zero-order valence-electron chi connectivity index (χ0n) is 10.3. The van der Waals surface area contributed by atoms with Crippen molar-refractivity contribution in [1.82, 2.24) is 15.1 Å². The van der Waals surface area contributed by atoms with Gasteiger partial charge in [0, 0.05) is 19.7 Å². The molecule has 0 aromatic carbocycles. The molecule has 0 fully saturated rings. The number of nitrogens with one attached hydrogen (secondary N) is 1. The fourth-order valence-corrected chi connectivity index (χ4v) is 1.19. The highest BCUT2D eigenvalue weighted by Crippen LogP contribution is 1.97. The molecular formula is C11H17N3O3. The van der Waals surface area contributed by atoms with Gasteiger partial charge in [0.1, 0.15) is 5.69 Å². The standard InChI is InChI=1S/C11H17N3O3/c1-8(2)17-7-6-14(3)11(16)9-4-5-10(15)13-12-9/h4-5,8H,6-7H2,1-3H3,(H,13,15). The van der Waals surface area contributed by atoms with Crippen LogP contribution in [0.1, 0.15) is 24.3 Å². The first-order valence-electron chi connectivity index (χ1n) is 5.43. The van der Waals surface area contributed by atoms with Crippen molar-refractivity contribution in [3.8, 4) is 0 Å². The van der Waals surface area contributed by atoms with Crippen LogP contribution in [0.4, 0.5) is 0 Å². The Balaban J connectivity index is 2.52. The molecule has 6 nitrogen and oxygen atoms in total. The van der Waals surface area contributed by atoms with Crippen LogP contribution in [0, 0.1) is 0 Å². The van der Waals surface area contributed by atoms with Crippen molar-refractivity contribution in [3.63, 3.8) is 0 Å². The molecule has 17 heavy (non-hydrogen) atoms. The summed E-state index contributed by atoms with van der Waals surface area (Å²) < 4.78 is 5.35. The lowest BCUT2D eigenvalue weighted by Crippen LogP contribution is -2.32. The molecule has 0 bridgehead atoms. The van der Waals surface area contributed by atoms with Crippen LogP contribution in [0.2, 0.25) is 0 Å². The number of aromatic amines is 1. The zero-order chi connectivity index (χ0) is 12.8. The molecule has 1 N–H and O–H groups in total. The number of amides is 1. The second-order valence-corrected chi connectivity index (χ2v) is 3.95. The highest BCUT2D eigenvalue weighted by Gasteiger charge is 2.12. The van der Waals surface area contributed by atoms with Gasteiger partial charge in [-0.05, 0) is 19.9 Å². The maximum atomic E-state index is 11.8. The van der Waals surface area contributed by atoms with Crippen molar-refractivity contribution < 1.29 is 9.53 Å². The predicted molar refractivity (Wildman–Crippen MR) is 62.9 cm³/mol. The van der Waals surface area contributed by atoms with E-state index >= 15 is 0 Å². The number of H-pyrrole nitrogens is 1. The van der Waals surface area contributed by atoms with Gasteiger partial charge >= 0.3 is 0 Å². The average Bonchev–Trinajstić information content (AvgIpc) is 2.28. The van der Waals surface area contributed by atoms with E-state index in [9.17, 15) is 9.59 Å². The van der Waals surface area contributed by atoms with E-state index in [1.54, 1.807) is 7.05 Å². The van der Waals surface area contributed by atoms with Crippen LogP contribution in [0.25, 0.3) is 0 Å². The lowest BCUT2D eigenvalue weighted by molar-refractivity contribution is 0.0528. The van der Waals surface area contributed by atoms with E-state index in [1.165, 1.54) is 17.0 Å². The lowest BCUT2D eigenvalue weighted by Gasteiger charge is -2.17. The zero-order valence-corrected chi connectivity index (χ0v) is 10.3.